The minimum absolute atomic E-state index is 0.155. The van der Waals surface area contributed by atoms with E-state index in [0.717, 1.165) is 25.1 Å². The molecule has 6 heteroatoms. The average molecular weight is 346 g/mol. The van der Waals surface area contributed by atoms with Gasteiger partial charge >= 0.3 is 0 Å². The van der Waals surface area contributed by atoms with Crippen LogP contribution in [0, 0.1) is 5.82 Å². The SMILES string of the molecule is O=C(CN1CCCc2ccccc21)N/N=C\c1c(F)cccc1Cl. The first-order valence-electron chi connectivity index (χ1n) is 7.74. The molecule has 0 bridgehead atoms. The van der Waals surface area contributed by atoms with Crippen molar-refractivity contribution < 1.29 is 9.18 Å². The minimum Gasteiger partial charge on any atom is -0.362 e. The fourth-order valence-corrected chi connectivity index (χ4v) is 3.00. The first-order valence-corrected chi connectivity index (χ1v) is 8.12. The lowest BCUT2D eigenvalue weighted by molar-refractivity contribution is -0.119. The predicted molar refractivity (Wildman–Crippen MR) is 94.1 cm³/mol. The monoisotopic (exact) mass is 345 g/mol. The van der Waals surface area contributed by atoms with Crippen molar-refractivity contribution in [3.05, 3.63) is 64.4 Å². The van der Waals surface area contributed by atoms with E-state index >= 15 is 0 Å². The van der Waals surface area contributed by atoms with Crippen LogP contribution in [0.3, 0.4) is 0 Å². The van der Waals surface area contributed by atoms with Crippen molar-refractivity contribution in [2.24, 2.45) is 5.10 Å². The summed E-state index contributed by atoms with van der Waals surface area (Å²) in [5.41, 5.74) is 4.91. The summed E-state index contributed by atoms with van der Waals surface area (Å²) in [6.45, 7) is 1.03. The van der Waals surface area contributed by atoms with Gasteiger partial charge in [0, 0.05) is 17.8 Å². The topological polar surface area (TPSA) is 44.7 Å². The zero-order valence-corrected chi connectivity index (χ0v) is 13.8. The molecule has 24 heavy (non-hydrogen) atoms. The van der Waals surface area contributed by atoms with Gasteiger partial charge in [-0.25, -0.2) is 9.82 Å². The standard InChI is InChI=1S/C18H17ClFN3O/c19-15-7-3-8-16(20)14(15)11-21-22-18(24)12-23-10-4-6-13-5-1-2-9-17(13)23/h1-3,5,7-9,11H,4,6,10,12H2,(H,22,24)/b21-11-. The fourth-order valence-electron chi connectivity index (χ4n) is 2.79. The van der Waals surface area contributed by atoms with Gasteiger partial charge in [0.2, 0.25) is 0 Å². The van der Waals surface area contributed by atoms with Crippen molar-refractivity contribution in [1.29, 1.82) is 0 Å². The largest absolute Gasteiger partial charge is 0.362 e. The number of carbonyl (C=O) groups is 1. The summed E-state index contributed by atoms with van der Waals surface area (Å²) >= 11 is 5.90. The van der Waals surface area contributed by atoms with Gasteiger partial charge in [0.1, 0.15) is 5.82 Å². The second kappa shape index (κ2) is 7.45. The molecular weight excluding hydrogens is 329 g/mol. The van der Waals surface area contributed by atoms with Crippen LogP contribution in [0.2, 0.25) is 5.02 Å². The Kier molecular flexibility index (Phi) is 5.11. The molecule has 2 aromatic carbocycles. The number of hydrazone groups is 1. The van der Waals surface area contributed by atoms with Gasteiger partial charge in [-0.15, -0.1) is 0 Å². The maximum Gasteiger partial charge on any atom is 0.259 e. The summed E-state index contributed by atoms with van der Waals surface area (Å²) in [4.78, 5) is 14.1. The normalized spacial score (nSPS) is 13.8. The van der Waals surface area contributed by atoms with Crippen LogP contribution >= 0.6 is 11.6 Å². The van der Waals surface area contributed by atoms with E-state index in [1.54, 1.807) is 6.07 Å². The van der Waals surface area contributed by atoms with Crippen LogP contribution in [0.1, 0.15) is 17.5 Å². The quantitative estimate of drug-likeness (QED) is 0.682. The third-order valence-electron chi connectivity index (χ3n) is 3.92. The summed E-state index contributed by atoms with van der Waals surface area (Å²) in [5.74, 6) is -0.735. The molecule has 0 saturated carbocycles. The number of hydrogen-bond acceptors (Lipinski definition) is 3. The van der Waals surface area contributed by atoms with Gasteiger partial charge < -0.3 is 4.90 Å². The van der Waals surface area contributed by atoms with Gasteiger partial charge in [-0.3, -0.25) is 4.79 Å². The van der Waals surface area contributed by atoms with Crippen molar-refractivity contribution in [3.8, 4) is 0 Å². The Hall–Kier alpha value is -2.40. The maximum atomic E-state index is 13.6. The van der Waals surface area contributed by atoms with Gasteiger partial charge in [-0.1, -0.05) is 35.9 Å². The van der Waals surface area contributed by atoms with Gasteiger partial charge in [0.05, 0.1) is 17.8 Å². The van der Waals surface area contributed by atoms with Crippen LogP contribution in [0.5, 0.6) is 0 Å². The lowest BCUT2D eigenvalue weighted by atomic mass is 10.0. The number of benzene rings is 2. The summed E-state index contributed by atoms with van der Waals surface area (Å²) in [5, 5.41) is 4.06. The molecule has 2 aromatic rings. The number of rotatable bonds is 4. The number of para-hydroxylation sites is 1. The molecule has 0 atom stereocenters. The van der Waals surface area contributed by atoms with E-state index in [4.69, 9.17) is 11.6 Å². The van der Waals surface area contributed by atoms with Gasteiger partial charge in [-0.05, 0) is 36.6 Å². The Morgan fingerprint density at radius 3 is 2.96 bits per heavy atom. The second-order valence-electron chi connectivity index (χ2n) is 5.58. The van der Waals surface area contributed by atoms with E-state index in [9.17, 15) is 9.18 Å². The number of nitrogens with one attached hydrogen (secondary N) is 1. The van der Waals surface area contributed by atoms with Crippen LogP contribution in [0.15, 0.2) is 47.6 Å². The first-order chi connectivity index (χ1) is 11.6. The Balaban J connectivity index is 1.62. The van der Waals surface area contributed by atoms with Gasteiger partial charge in [0.15, 0.2) is 0 Å². The van der Waals surface area contributed by atoms with Gasteiger partial charge in [0.25, 0.3) is 5.91 Å². The zero-order chi connectivity index (χ0) is 16.9. The fraction of sp³-hybridized carbons (Fsp3) is 0.222. The lowest BCUT2D eigenvalue weighted by Crippen LogP contribution is -2.38. The molecule has 4 nitrogen and oxygen atoms in total. The van der Waals surface area contributed by atoms with E-state index < -0.39 is 5.82 Å². The van der Waals surface area contributed by atoms with E-state index in [1.807, 2.05) is 23.1 Å². The van der Waals surface area contributed by atoms with E-state index in [2.05, 4.69) is 16.6 Å². The highest BCUT2D eigenvalue weighted by Gasteiger charge is 2.18. The van der Waals surface area contributed by atoms with Crippen molar-refractivity contribution in [2.75, 3.05) is 18.0 Å². The third kappa shape index (κ3) is 3.74. The highest BCUT2D eigenvalue weighted by atomic mass is 35.5. The molecule has 1 heterocycles. The predicted octanol–water partition coefficient (Wildman–Crippen LogP) is 3.38. The lowest BCUT2D eigenvalue weighted by Gasteiger charge is -2.30. The van der Waals surface area contributed by atoms with Crippen LogP contribution in [0.25, 0.3) is 0 Å². The number of hydrogen-bond donors (Lipinski definition) is 1. The number of fused-ring (bicyclic) bond motifs is 1. The number of amides is 1. The molecule has 1 amide bonds. The Morgan fingerprint density at radius 1 is 1.29 bits per heavy atom. The Bertz CT molecular complexity index is 758. The molecule has 0 radical (unpaired) electrons. The Labute approximate surface area is 144 Å². The smallest absolute Gasteiger partial charge is 0.259 e. The molecule has 0 unspecified atom stereocenters. The van der Waals surface area contributed by atoms with Crippen molar-refractivity contribution in [1.82, 2.24) is 5.43 Å². The van der Waals surface area contributed by atoms with Crippen molar-refractivity contribution in [3.63, 3.8) is 0 Å². The summed E-state index contributed by atoms with van der Waals surface area (Å²) in [7, 11) is 0. The van der Waals surface area contributed by atoms with Crippen molar-refractivity contribution in [2.45, 2.75) is 12.8 Å². The molecule has 0 aliphatic carbocycles. The average Bonchev–Trinajstić information content (AvgIpc) is 2.58. The summed E-state index contributed by atoms with van der Waals surface area (Å²) in [6.07, 6.45) is 3.26. The maximum absolute atomic E-state index is 13.6. The van der Waals surface area contributed by atoms with Crippen LogP contribution in [0.4, 0.5) is 10.1 Å². The summed E-state index contributed by atoms with van der Waals surface area (Å²) in [6, 6.07) is 12.4. The first kappa shape index (κ1) is 16.5. The molecule has 0 saturated heterocycles. The molecule has 0 fully saturated rings. The van der Waals surface area contributed by atoms with E-state index in [1.165, 1.54) is 23.9 Å². The number of carbonyl (C=O) groups excluding carboxylic acids is 1. The van der Waals surface area contributed by atoms with Crippen LogP contribution in [-0.4, -0.2) is 25.2 Å². The number of nitrogens with zero attached hydrogens (tertiary/aromatic N) is 2. The summed E-state index contributed by atoms with van der Waals surface area (Å²) < 4.78 is 13.6. The van der Waals surface area contributed by atoms with Gasteiger partial charge in [-0.2, -0.15) is 5.10 Å². The van der Waals surface area contributed by atoms with E-state index in [0.29, 0.717) is 0 Å². The molecule has 1 aliphatic heterocycles. The molecule has 124 valence electrons. The highest BCUT2D eigenvalue weighted by Crippen LogP contribution is 2.26. The van der Waals surface area contributed by atoms with Crippen molar-refractivity contribution >= 4 is 29.4 Å². The number of halogens is 2. The minimum atomic E-state index is -0.481. The highest BCUT2D eigenvalue weighted by molar-refractivity contribution is 6.33. The molecule has 0 spiro atoms. The van der Waals surface area contributed by atoms with E-state index in [-0.39, 0.29) is 23.0 Å². The molecule has 3 rings (SSSR count). The number of anilines is 1. The molecule has 0 aromatic heterocycles. The second-order valence-corrected chi connectivity index (χ2v) is 5.99. The van der Waals surface area contributed by atoms with Crippen LogP contribution in [-0.2, 0) is 11.2 Å². The Morgan fingerprint density at radius 2 is 2.12 bits per heavy atom. The van der Waals surface area contributed by atoms with Crippen LogP contribution < -0.4 is 10.3 Å². The number of aryl methyl sites for hydroxylation is 1. The third-order valence-corrected chi connectivity index (χ3v) is 4.25. The molecule has 1 aliphatic rings. The molecular formula is C18H17ClFN3O. The molecule has 1 N–H and O–H groups in total. The zero-order valence-electron chi connectivity index (χ0n) is 13.0.